The first-order valence-electron chi connectivity index (χ1n) is 9.25. The first-order valence-corrected chi connectivity index (χ1v) is 9.25. The molecule has 2 aromatic rings. The van der Waals surface area contributed by atoms with E-state index in [2.05, 4.69) is 11.0 Å². The molecule has 1 aliphatic heterocycles. The minimum Gasteiger partial charge on any atom is -0.457 e. The van der Waals surface area contributed by atoms with E-state index in [-0.39, 0.29) is 11.5 Å². The molecule has 1 atom stereocenters. The highest BCUT2D eigenvalue weighted by Gasteiger charge is 2.53. The average Bonchev–Trinajstić information content (AvgIpc) is 3.09. The summed E-state index contributed by atoms with van der Waals surface area (Å²) in [6, 6.07) is 13.7. The van der Waals surface area contributed by atoms with Crippen LogP contribution in [-0.2, 0) is 4.84 Å². The van der Waals surface area contributed by atoms with Gasteiger partial charge < -0.3 is 4.74 Å². The maximum atomic E-state index is 13.0. The number of anilines is 1. The van der Waals surface area contributed by atoms with Crippen LogP contribution in [-0.4, -0.2) is 5.72 Å². The minimum absolute atomic E-state index is 0.273. The van der Waals surface area contributed by atoms with Crippen LogP contribution in [0, 0.1) is 17.7 Å². The molecule has 3 saturated carbocycles. The number of nitrogens with zero attached hydrogens (tertiary/aromatic N) is 1. The molecule has 0 radical (unpaired) electrons. The molecule has 1 spiro atoms. The van der Waals surface area contributed by atoms with Gasteiger partial charge in [0.2, 0.25) is 0 Å². The number of hydrogen-bond donors (Lipinski definition) is 2. The van der Waals surface area contributed by atoms with Crippen molar-refractivity contribution in [1.82, 2.24) is 11.0 Å². The van der Waals surface area contributed by atoms with Gasteiger partial charge >= 0.3 is 0 Å². The molecule has 6 rings (SSSR count). The third-order valence-corrected chi connectivity index (χ3v) is 5.86. The Morgan fingerprint density at radius 2 is 1.62 bits per heavy atom. The fourth-order valence-electron chi connectivity index (χ4n) is 4.47. The summed E-state index contributed by atoms with van der Waals surface area (Å²) < 4.78 is 18.7. The van der Waals surface area contributed by atoms with Crippen molar-refractivity contribution in [2.24, 2.45) is 11.8 Å². The highest BCUT2D eigenvalue weighted by Crippen LogP contribution is 2.49. The van der Waals surface area contributed by atoms with E-state index in [9.17, 15) is 4.39 Å². The van der Waals surface area contributed by atoms with Gasteiger partial charge in [0.1, 0.15) is 17.3 Å². The van der Waals surface area contributed by atoms with Crippen LogP contribution in [0.1, 0.15) is 32.1 Å². The Morgan fingerprint density at radius 3 is 2.23 bits per heavy atom. The molecule has 6 heteroatoms. The van der Waals surface area contributed by atoms with Crippen LogP contribution in [0.2, 0.25) is 0 Å². The van der Waals surface area contributed by atoms with Gasteiger partial charge in [0.05, 0.1) is 5.69 Å². The zero-order valence-corrected chi connectivity index (χ0v) is 14.5. The molecule has 136 valence electrons. The van der Waals surface area contributed by atoms with Crippen molar-refractivity contribution in [3.05, 3.63) is 54.3 Å². The Morgan fingerprint density at radius 1 is 0.962 bits per heavy atom. The lowest BCUT2D eigenvalue weighted by Crippen LogP contribution is -2.57. The number of fused-ring (bicyclic) bond motifs is 2. The van der Waals surface area contributed by atoms with Crippen molar-refractivity contribution in [2.45, 2.75) is 37.8 Å². The van der Waals surface area contributed by atoms with Crippen LogP contribution >= 0.6 is 0 Å². The van der Waals surface area contributed by atoms with Crippen LogP contribution < -0.4 is 20.9 Å². The fraction of sp³-hybridized carbons (Fsp3) is 0.400. The van der Waals surface area contributed by atoms with Crippen LogP contribution in [0.5, 0.6) is 11.5 Å². The van der Waals surface area contributed by atoms with E-state index in [1.165, 1.54) is 37.8 Å². The van der Waals surface area contributed by atoms with Crippen molar-refractivity contribution in [3.63, 3.8) is 0 Å². The smallest absolute Gasteiger partial charge is 0.163 e. The Balaban J connectivity index is 1.27. The molecule has 3 aliphatic carbocycles. The standard InChI is InChI=1S/C20H22FN3O2/c21-16-5-9-18(10-6-16)25-19-11-7-17(8-12-19)24-22-20(26-23-24)13-14-1-3-15(20)4-2-14/h5-12,14-15,22-23H,1-4,13H2/t14?,15?,20-/m1/s1. The lowest BCUT2D eigenvalue weighted by Gasteiger charge is -2.47. The molecule has 0 unspecified atom stereocenters. The third-order valence-electron chi connectivity index (χ3n) is 5.86. The van der Waals surface area contributed by atoms with Crippen LogP contribution in [0.25, 0.3) is 0 Å². The van der Waals surface area contributed by atoms with Crippen LogP contribution in [0.3, 0.4) is 0 Å². The second-order valence-electron chi connectivity index (χ2n) is 7.50. The number of ether oxygens (including phenoxy) is 1. The van der Waals surface area contributed by atoms with Gasteiger partial charge in [0, 0.05) is 5.92 Å². The third kappa shape index (κ3) is 2.84. The van der Waals surface area contributed by atoms with E-state index < -0.39 is 0 Å². The topological polar surface area (TPSA) is 45.8 Å². The molecule has 4 aliphatic rings. The normalized spacial score (nSPS) is 30.1. The quantitative estimate of drug-likeness (QED) is 0.860. The van der Waals surface area contributed by atoms with Gasteiger partial charge in [0.15, 0.2) is 5.72 Å². The number of halogens is 1. The largest absolute Gasteiger partial charge is 0.457 e. The molecule has 5 nitrogen and oxygen atoms in total. The zero-order chi connectivity index (χ0) is 17.6. The van der Waals surface area contributed by atoms with Gasteiger partial charge in [-0.2, -0.15) is 5.43 Å². The summed E-state index contributed by atoms with van der Waals surface area (Å²) in [4.78, 5) is 6.02. The van der Waals surface area contributed by atoms with E-state index in [4.69, 9.17) is 9.57 Å². The van der Waals surface area contributed by atoms with E-state index >= 15 is 0 Å². The first kappa shape index (κ1) is 16.1. The molecule has 4 fully saturated rings. The summed E-state index contributed by atoms with van der Waals surface area (Å²) in [5.41, 5.74) is 7.26. The predicted molar refractivity (Wildman–Crippen MR) is 95.5 cm³/mol. The van der Waals surface area contributed by atoms with Crippen molar-refractivity contribution in [1.29, 1.82) is 0 Å². The predicted octanol–water partition coefficient (Wildman–Crippen LogP) is 4.29. The maximum Gasteiger partial charge on any atom is 0.163 e. The number of hydrogen-bond acceptors (Lipinski definition) is 5. The molecule has 1 heterocycles. The summed E-state index contributed by atoms with van der Waals surface area (Å²) in [5, 5.41) is 1.85. The second kappa shape index (κ2) is 6.23. The fourth-order valence-corrected chi connectivity index (χ4v) is 4.47. The molecule has 2 N–H and O–H groups in total. The number of nitrogens with one attached hydrogen (secondary N) is 2. The highest BCUT2D eigenvalue weighted by atomic mass is 19.1. The summed E-state index contributed by atoms with van der Waals surface area (Å²) in [5.74, 6) is 2.36. The molecule has 0 aromatic heterocycles. The zero-order valence-electron chi connectivity index (χ0n) is 14.5. The maximum absolute atomic E-state index is 13.0. The van der Waals surface area contributed by atoms with Crippen molar-refractivity contribution in [2.75, 3.05) is 5.12 Å². The van der Waals surface area contributed by atoms with Crippen LogP contribution in [0.4, 0.5) is 10.1 Å². The summed E-state index contributed by atoms with van der Waals surface area (Å²) in [6.45, 7) is 0. The highest BCUT2D eigenvalue weighted by molar-refractivity contribution is 5.48. The molecule has 0 amide bonds. The van der Waals surface area contributed by atoms with Gasteiger partial charge in [-0.25, -0.2) is 9.51 Å². The summed E-state index contributed by atoms with van der Waals surface area (Å²) >= 11 is 0. The minimum atomic E-state index is -0.274. The Bertz CT molecular complexity index is 775. The van der Waals surface area contributed by atoms with Gasteiger partial charge in [-0.3, -0.25) is 4.84 Å². The molecule has 2 bridgehead atoms. The molecule has 2 aromatic carbocycles. The second-order valence-corrected chi connectivity index (χ2v) is 7.50. The SMILES string of the molecule is Fc1ccc(Oc2ccc(N3NO[C@@]4(CC5CCC4CC5)N3)cc2)cc1. The molecular formula is C20H22FN3O2. The number of rotatable bonds is 3. The molecular weight excluding hydrogens is 333 g/mol. The Kier molecular flexibility index (Phi) is 3.85. The number of hydrazine groups is 2. The lowest BCUT2D eigenvalue weighted by atomic mass is 9.66. The van der Waals surface area contributed by atoms with Crippen LogP contribution in [0.15, 0.2) is 48.5 Å². The monoisotopic (exact) mass is 355 g/mol. The number of benzene rings is 2. The van der Waals surface area contributed by atoms with Crippen molar-refractivity contribution < 1.29 is 14.0 Å². The van der Waals surface area contributed by atoms with Gasteiger partial charge in [-0.05, 0) is 86.6 Å². The van der Waals surface area contributed by atoms with E-state index in [0.717, 1.165) is 18.0 Å². The lowest BCUT2D eigenvalue weighted by molar-refractivity contribution is -0.153. The van der Waals surface area contributed by atoms with Crippen molar-refractivity contribution in [3.8, 4) is 11.5 Å². The van der Waals surface area contributed by atoms with E-state index in [1.807, 2.05) is 29.4 Å². The summed E-state index contributed by atoms with van der Waals surface area (Å²) in [6.07, 6.45) is 6.18. The van der Waals surface area contributed by atoms with Gasteiger partial charge in [0.25, 0.3) is 0 Å². The molecule has 1 saturated heterocycles. The Labute approximate surface area is 152 Å². The van der Waals surface area contributed by atoms with E-state index in [1.54, 1.807) is 12.1 Å². The molecule has 26 heavy (non-hydrogen) atoms. The van der Waals surface area contributed by atoms with Crippen molar-refractivity contribution >= 4 is 5.69 Å². The van der Waals surface area contributed by atoms with E-state index in [0.29, 0.717) is 17.4 Å². The Hall–Kier alpha value is -2.15. The summed E-state index contributed by atoms with van der Waals surface area (Å²) in [7, 11) is 0. The van der Waals surface area contributed by atoms with Gasteiger partial charge in [-0.15, -0.1) is 0 Å². The van der Waals surface area contributed by atoms with Gasteiger partial charge in [-0.1, -0.05) is 5.59 Å². The first-order chi connectivity index (χ1) is 12.7. The average molecular weight is 355 g/mol.